The lowest BCUT2D eigenvalue weighted by atomic mass is 10.00. The summed E-state index contributed by atoms with van der Waals surface area (Å²) >= 11 is 1.27. The molecule has 1 amide bonds. The molecule has 0 unspecified atom stereocenters. The van der Waals surface area contributed by atoms with Crippen LogP contribution in [0.1, 0.15) is 33.9 Å². The Morgan fingerprint density at radius 3 is 3.00 bits per heavy atom. The lowest BCUT2D eigenvalue weighted by Crippen LogP contribution is -2.55. The number of anilines is 1. The van der Waals surface area contributed by atoms with E-state index in [-0.39, 0.29) is 5.91 Å². The van der Waals surface area contributed by atoms with Crippen molar-refractivity contribution < 1.29 is 9.90 Å². The third kappa shape index (κ3) is 4.24. The Bertz CT molecular complexity index is 1240. The number of carbonyl (C=O) groups is 1. The summed E-state index contributed by atoms with van der Waals surface area (Å²) in [5.41, 5.74) is 4.54. The Labute approximate surface area is 195 Å². The zero-order valence-electron chi connectivity index (χ0n) is 18.0. The number of thiazole rings is 1. The molecule has 0 bridgehead atoms. The number of nitrogens with zero attached hydrogens (tertiary/aromatic N) is 4. The number of H-pyrrole nitrogens is 1. The molecule has 0 spiro atoms. The van der Waals surface area contributed by atoms with E-state index in [1.165, 1.54) is 16.9 Å². The monoisotopic (exact) mass is 463 g/mol. The van der Waals surface area contributed by atoms with Gasteiger partial charge in [-0.2, -0.15) is 5.26 Å². The third-order valence-corrected chi connectivity index (χ3v) is 7.11. The lowest BCUT2D eigenvalue weighted by Gasteiger charge is -2.38. The van der Waals surface area contributed by atoms with Gasteiger partial charge in [-0.3, -0.25) is 10.6 Å². The Hall–Kier alpha value is -3.23. The van der Waals surface area contributed by atoms with Crippen molar-refractivity contribution in [2.75, 3.05) is 31.1 Å². The first kappa shape index (κ1) is 21.6. The maximum atomic E-state index is 12.5. The van der Waals surface area contributed by atoms with Crippen LogP contribution in [0.5, 0.6) is 0 Å². The van der Waals surface area contributed by atoms with Crippen LogP contribution in [0.15, 0.2) is 35.9 Å². The second-order valence-electron chi connectivity index (χ2n) is 8.41. The summed E-state index contributed by atoms with van der Waals surface area (Å²) < 4.78 is 0. The summed E-state index contributed by atoms with van der Waals surface area (Å²) in [5, 5.41) is 28.0. The fraction of sp³-hybridized carbons (Fsp3) is 0.348. The van der Waals surface area contributed by atoms with Gasteiger partial charge in [0.1, 0.15) is 6.07 Å². The SMILES string of the molecule is N#Cc1ccc(N2CC[C@@H](O)[C@H](NC(=O)c3nccs3)C2)c2cc(C3=CCN(N)CC3)[nH]c12. The summed E-state index contributed by atoms with van der Waals surface area (Å²) in [4.78, 5) is 22.2. The number of aliphatic hydroxyl groups excluding tert-OH is 1. The minimum absolute atomic E-state index is 0.275. The van der Waals surface area contributed by atoms with Gasteiger partial charge in [-0.25, -0.2) is 9.99 Å². The number of hydrogen-bond acceptors (Lipinski definition) is 8. The molecule has 4 heterocycles. The van der Waals surface area contributed by atoms with E-state index in [1.54, 1.807) is 16.6 Å². The van der Waals surface area contributed by atoms with Crippen molar-refractivity contribution in [1.29, 1.82) is 5.26 Å². The number of rotatable bonds is 4. The maximum Gasteiger partial charge on any atom is 0.280 e. The molecule has 1 aromatic carbocycles. The number of aliphatic hydroxyl groups is 1. The molecule has 1 saturated heterocycles. The van der Waals surface area contributed by atoms with Gasteiger partial charge in [0.05, 0.1) is 23.2 Å². The molecular formula is C23H25N7O2S. The number of hydrogen-bond donors (Lipinski definition) is 4. The van der Waals surface area contributed by atoms with E-state index in [9.17, 15) is 15.2 Å². The zero-order valence-corrected chi connectivity index (χ0v) is 18.8. The van der Waals surface area contributed by atoms with Gasteiger partial charge in [-0.15, -0.1) is 11.3 Å². The molecule has 1 fully saturated rings. The van der Waals surface area contributed by atoms with Crippen molar-refractivity contribution >= 4 is 39.4 Å². The molecule has 0 aliphatic carbocycles. The minimum atomic E-state index is -0.632. The van der Waals surface area contributed by atoms with Crippen molar-refractivity contribution in [3.05, 3.63) is 52.1 Å². The summed E-state index contributed by atoms with van der Waals surface area (Å²) in [6, 6.07) is 7.73. The number of hydrazine groups is 1. The van der Waals surface area contributed by atoms with Crippen molar-refractivity contribution in [3.63, 3.8) is 0 Å². The Balaban J connectivity index is 1.45. The molecule has 5 N–H and O–H groups in total. The van der Waals surface area contributed by atoms with Crippen molar-refractivity contribution in [2.24, 2.45) is 5.84 Å². The van der Waals surface area contributed by atoms with Crippen LogP contribution in [0.2, 0.25) is 0 Å². The number of benzene rings is 1. The second kappa shape index (κ2) is 8.96. The first-order chi connectivity index (χ1) is 16.0. The van der Waals surface area contributed by atoms with Crippen LogP contribution in [0.25, 0.3) is 16.5 Å². The molecule has 2 aliphatic heterocycles. The van der Waals surface area contributed by atoms with E-state index < -0.39 is 12.1 Å². The highest BCUT2D eigenvalue weighted by atomic mass is 32.1. The van der Waals surface area contributed by atoms with Gasteiger partial charge in [0.25, 0.3) is 5.91 Å². The predicted molar refractivity (Wildman–Crippen MR) is 128 cm³/mol. The number of nitriles is 1. The molecule has 5 rings (SSSR count). The summed E-state index contributed by atoms with van der Waals surface area (Å²) in [6.07, 6.45) is 4.43. The van der Waals surface area contributed by atoms with Crippen molar-refractivity contribution in [2.45, 2.75) is 25.0 Å². The number of piperidine rings is 1. The van der Waals surface area contributed by atoms with Crippen LogP contribution in [0.3, 0.4) is 0 Å². The van der Waals surface area contributed by atoms with Gasteiger partial charge in [0, 0.05) is 54.5 Å². The summed E-state index contributed by atoms with van der Waals surface area (Å²) in [6.45, 7) is 2.58. The molecule has 10 heteroatoms. The van der Waals surface area contributed by atoms with Gasteiger partial charge < -0.3 is 20.3 Å². The van der Waals surface area contributed by atoms with Gasteiger partial charge in [0.15, 0.2) is 5.01 Å². The van der Waals surface area contributed by atoms with Gasteiger partial charge >= 0.3 is 0 Å². The quantitative estimate of drug-likeness (QED) is 0.434. The average molecular weight is 464 g/mol. The molecule has 2 atom stereocenters. The third-order valence-electron chi connectivity index (χ3n) is 6.34. The topological polar surface area (TPSA) is 134 Å². The number of aromatic amines is 1. The fourth-order valence-corrected chi connectivity index (χ4v) is 5.08. The predicted octanol–water partition coefficient (Wildman–Crippen LogP) is 1.83. The second-order valence-corrected chi connectivity index (χ2v) is 9.30. The molecule has 0 radical (unpaired) electrons. The smallest absolute Gasteiger partial charge is 0.280 e. The Kier molecular flexibility index (Phi) is 5.86. The van der Waals surface area contributed by atoms with E-state index in [4.69, 9.17) is 5.84 Å². The molecule has 9 nitrogen and oxygen atoms in total. The highest BCUT2D eigenvalue weighted by Crippen LogP contribution is 2.34. The maximum absolute atomic E-state index is 12.5. The molecule has 3 aromatic rings. The average Bonchev–Trinajstić information content (AvgIpc) is 3.51. The van der Waals surface area contributed by atoms with Gasteiger partial charge in [-0.05, 0) is 36.6 Å². The van der Waals surface area contributed by atoms with E-state index in [0.29, 0.717) is 36.6 Å². The number of fused-ring (bicyclic) bond motifs is 1. The summed E-state index contributed by atoms with van der Waals surface area (Å²) in [7, 11) is 0. The van der Waals surface area contributed by atoms with Crippen LogP contribution >= 0.6 is 11.3 Å². The first-order valence-corrected chi connectivity index (χ1v) is 11.8. The molecule has 2 aliphatic rings. The molecule has 2 aromatic heterocycles. The Morgan fingerprint density at radius 2 is 2.27 bits per heavy atom. The highest BCUT2D eigenvalue weighted by Gasteiger charge is 2.31. The standard InChI is InChI=1S/C23H25N7O2S/c24-12-15-1-2-19(16-11-17(27-21(15)16)14-3-8-30(25)9-4-14)29-7-5-20(31)18(13-29)28-22(32)23-26-6-10-33-23/h1-3,6,10-11,18,20,27,31H,4-5,7-9,13,25H2,(H,28,32)/t18-,20-/m1/s1. The lowest BCUT2D eigenvalue weighted by molar-refractivity contribution is 0.0786. The van der Waals surface area contributed by atoms with Gasteiger partial charge in [0.2, 0.25) is 0 Å². The summed E-state index contributed by atoms with van der Waals surface area (Å²) in [5.74, 6) is 5.61. The highest BCUT2D eigenvalue weighted by molar-refractivity contribution is 7.11. The Morgan fingerprint density at radius 1 is 1.39 bits per heavy atom. The molecule has 0 saturated carbocycles. The van der Waals surface area contributed by atoms with E-state index in [1.807, 2.05) is 12.1 Å². The number of amides is 1. The van der Waals surface area contributed by atoms with Crippen LogP contribution in [0, 0.1) is 11.3 Å². The number of aromatic nitrogens is 2. The van der Waals surface area contributed by atoms with Crippen LogP contribution in [-0.2, 0) is 0 Å². The number of carbonyl (C=O) groups excluding carboxylic acids is 1. The van der Waals surface area contributed by atoms with Crippen LogP contribution in [-0.4, -0.2) is 64.3 Å². The van der Waals surface area contributed by atoms with Crippen LogP contribution in [0.4, 0.5) is 5.69 Å². The normalized spacial score (nSPS) is 21.6. The molecular weight excluding hydrogens is 438 g/mol. The van der Waals surface area contributed by atoms with E-state index in [0.717, 1.165) is 35.2 Å². The fourth-order valence-electron chi connectivity index (χ4n) is 4.54. The number of nitrogens with one attached hydrogen (secondary N) is 2. The minimum Gasteiger partial charge on any atom is -0.391 e. The molecule has 170 valence electrons. The van der Waals surface area contributed by atoms with Crippen LogP contribution < -0.4 is 16.1 Å². The largest absolute Gasteiger partial charge is 0.391 e. The first-order valence-electron chi connectivity index (χ1n) is 10.9. The molecule has 33 heavy (non-hydrogen) atoms. The van der Waals surface area contributed by atoms with E-state index >= 15 is 0 Å². The van der Waals surface area contributed by atoms with Crippen molar-refractivity contribution in [1.82, 2.24) is 20.3 Å². The van der Waals surface area contributed by atoms with E-state index in [2.05, 4.69) is 38.4 Å². The zero-order chi connectivity index (χ0) is 22.9. The van der Waals surface area contributed by atoms with Gasteiger partial charge in [-0.1, -0.05) is 6.08 Å². The van der Waals surface area contributed by atoms with Crippen molar-refractivity contribution in [3.8, 4) is 6.07 Å². The number of nitrogens with two attached hydrogens (primary N) is 1.